The first-order chi connectivity index (χ1) is 12.1. The van der Waals surface area contributed by atoms with Crippen LogP contribution in [-0.4, -0.2) is 54.5 Å². The first-order valence-electron chi connectivity index (χ1n) is 9.39. The molecule has 7 heteroatoms. The molecule has 1 amide bonds. The highest BCUT2D eigenvalue weighted by atomic mass is 32.1. The third-order valence-electron chi connectivity index (χ3n) is 4.27. The van der Waals surface area contributed by atoms with Crippen LogP contribution in [0.2, 0.25) is 0 Å². The van der Waals surface area contributed by atoms with E-state index in [4.69, 9.17) is 0 Å². The van der Waals surface area contributed by atoms with E-state index in [9.17, 15) is 4.79 Å². The summed E-state index contributed by atoms with van der Waals surface area (Å²) in [5.74, 6) is 1.14. The van der Waals surface area contributed by atoms with Crippen LogP contribution in [0.15, 0.2) is 4.99 Å². The molecule has 1 aliphatic rings. The largest absolute Gasteiger partial charge is 0.357 e. The molecule has 0 unspecified atom stereocenters. The van der Waals surface area contributed by atoms with Crippen molar-refractivity contribution in [1.82, 2.24) is 20.5 Å². The monoisotopic (exact) mass is 365 g/mol. The normalized spacial score (nSPS) is 15.1. The van der Waals surface area contributed by atoms with Crippen LogP contribution in [-0.2, 0) is 17.6 Å². The van der Waals surface area contributed by atoms with Crippen molar-refractivity contribution < 1.29 is 4.79 Å². The molecule has 1 aromatic rings. The second-order valence-electron chi connectivity index (χ2n) is 6.24. The number of carbonyl (C=O) groups excluding carboxylic acids is 1. The first kappa shape index (κ1) is 19.7. The average Bonchev–Trinajstić information content (AvgIpc) is 3.16. The summed E-state index contributed by atoms with van der Waals surface area (Å²) in [7, 11) is 0. The van der Waals surface area contributed by atoms with E-state index >= 15 is 0 Å². The Bertz CT molecular complexity index is 584. The van der Waals surface area contributed by atoms with Crippen molar-refractivity contribution in [2.24, 2.45) is 4.99 Å². The molecule has 1 saturated heterocycles. The molecule has 2 rings (SSSR count). The van der Waals surface area contributed by atoms with Gasteiger partial charge in [0, 0.05) is 50.4 Å². The van der Waals surface area contributed by atoms with Crippen molar-refractivity contribution in [2.45, 2.75) is 52.9 Å². The second-order valence-corrected chi connectivity index (χ2v) is 7.53. The van der Waals surface area contributed by atoms with Crippen LogP contribution in [0.25, 0.3) is 0 Å². The molecule has 0 radical (unpaired) electrons. The van der Waals surface area contributed by atoms with E-state index in [0.717, 1.165) is 64.4 Å². The Morgan fingerprint density at radius 2 is 2.20 bits per heavy atom. The number of nitrogens with one attached hydrogen (secondary N) is 2. The average molecular weight is 366 g/mol. The molecular weight excluding hydrogens is 334 g/mol. The Labute approximate surface area is 155 Å². The predicted octanol–water partition coefficient (Wildman–Crippen LogP) is 2.12. The van der Waals surface area contributed by atoms with E-state index in [-0.39, 0.29) is 0 Å². The van der Waals surface area contributed by atoms with Gasteiger partial charge in [0.15, 0.2) is 5.96 Å². The van der Waals surface area contributed by atoms with Gasteiger partial charge in [-0.05, 0) is 33.1 Å². The number of rotatable bonds is 9. The van der Waals surface area contributed by atoms with Gasteiger partial charge in [-0.3, -0.25) is 9.79 Å². The number of nitrogens with zero attached hydrogens (tertiary/aromatic N) is 3. The lowest BCUT2D eigenvalue weighted by atomic mass is 10.3. The van der Waals surface area contributed by atoms with Crippen LogP contribution in [0.4, 0.5) is 0 Å². The molecule has 0 atom stereocenters. The summed E-state index contributed by atoms with van der Waals surface area (Å²) in [6.07, 6.45) is 4.54. The van der Waals surface area contributed by atoms with E-state index in [1.165, 1.54) is 15.6 Å². The predicted molar refractivity (Wildman–Crippen MR) is 104 cm³/mol. The molecule has 1 aliphatic heterocycles. The maximum absolute atomic E-state index is 11.6. The quantitative estimate of drug-likeness (QED) is 0.400. The van der Waals surface area contributed by atoms with Crippen molar-refractivity contribution >= 4 is 23.2 Å². The van der Waals surface area contributed by atoms with E-state index in [0.29, 0.717) is 12.3 Å². The summed E-state index contributed by atoms with van der Waals surface area (Å²) in [6, 6.07) is 0. The van der Waals surface area contributed by atoms with Crippen molar-refractivity contribution in [3.63, 3.8) is 0 Å². The number of aliphatic imine (C=N–C) groups is 1. The molecule has 2 heterocycles. The number of carbonyl (C=O) groups is 1. The Balaban J connectivity index is 1.72. The summed E-state index contributed by atoms with van der Waals surface area (Å²) in [6.45, 7) is 10.5. The van der Waals surface area contributed by atoms with Crippen molar-refractivity contribution in [1.29, 1.82) is 0 Å². The Morgan fingerprint density at radius 1 is 1.36 bits per heavy atom. The fourth-order valence-corrected chi connectivity index (χ4v) is 3.97. The van der Waals surface area contributed by atoms with Crippen molar-refractivity contribution in [2.75, 3.05) is 32.7 Å². The fourth-order valence-electron chi connectivity index (χ4n) is 2.95. The molecule has 0 aliphatic carbocycles. The molecule has 0 spiro atoms. The molecule has 25 heavy (non-hydrogen) atoms. The van der Waals surface area contributed by atoms with Crippen LogP contribution in [0.1, 0.15) is 48.7 Å². The number of aromatic nitrogens is 1. The molecule has 0 saturated carbocycles. The van der Waals surface area contributed by atoms with Crippen LogP contribution in [0.3, 0.4) is 0 Å². The van der Waals surface area contributed by atoms with Gasteiger partial charge in [0.25, 0.3) is 0 Å². The zero-order chi connectivity index (χ0) is 18.1. The molecule has 6 nitrogen and oxygen atoms in total. The summed E-state index contributed by atoms with van der Waals surface area (Å²) in [4.78, 5) is 24.2. The highest BCUT2D eigenvalue weighted by Crippen LogP contribution is 2.17. The number of amides is 1. The highest BCUT2D eigenvalue weighted by molar-refractivity contribution is 7.11. The Hall–Kier alpha value is -1.63. The SMILES string of the molecule is CCNC(=NCCCN1CCCC1=O)NCCc1nc(CC)c(C)s1. The minimum absolute atomic E-state index is 0.291. The van der Waals surface area contributed by atoms with E-state index < -0.39 is 0 Å². The third kappa shape index (κ3) is 6.30. The number of aryl methyl sites for hydroxylation is 2. The lowest BCUT2D eigenvalue weighted by molar-refractivity contribution is -0.127. The lowest BCUT2D eigenvalue weighted by Crippen LogP contribution is -2.38. The van der Waals surface area contributed by atoms with E-state index in [1.54, 1.807) is 11.3 Å². The fraction of sp³-hybridized carbons (Fsp3) is 0.722. The zero-order valence-corrected chi connectivity index (χ0v) is 16.5. The molecule has 0 aromatic carbocycles. The van der Waals surface area contributed by atoms with Crippen molar-refractivity contribution in [3.05, 3.63) is 15.6 Å². The highest BCUT2D eigenvalue weighted by Gasteiger charge is 2.18. The van der Waals surface area contributed by atoms with Gasteiger partial charge in [-0.1, -0.05) is 6.92 Å². The van der Waals surface area contributed by atoms with Crippen LogP contribution < -0.4 is 10.6 Å². The number of guanidine groups is 1. The molecule has 0 bridgehead atoms. The van der Waals surface area contributed by atoms with Crippen molar-refractivity contribution in [3.8, 4) is 0 Å². The summed E-state index contributed by atoms with van der Waals surface area (Å²) < 4.78 is 0. The van der Waals surface area contributed by atoms with Gasteiger partial charge in [0.1, 0.15) is 0 Å². The maximum Gasteiger partial charge on any atom is 0.222 e. The lowest BCUT2D eigenvalue weighted by Gasteiger charge is -2.15. The minimum Gasteiger partial charge on any atom is -0.357 e. The first-order valence-corrected chi connectivity index (χ1v) is 10.2. The third-order valence-corrected chi connectivity index (χ3v) is 5.35. The number of hydrogen-bond acceptors (Lipinski definition) is 4. The van der Waals surface area contributed by atoms with Gasteiger partial charge in [-0.25, -0.2) is 4.98 Å². The minimum atomic E-state index is 0.291. The molecule has 1 aromatic heterocycles. The summed E-state index contributed by atoms with van der Waals surface area (Å²) in [5, 5.41) is 7.84. The van der Waals surface area contributed by atoms with Gasteiger partial charge in [0.05, 0.1) is 10.7 Å². The van der Waals surface area contributed by atoms with Gasteiger partial charge >= 0.3 is 0 Å². The van der Waals surface area contributed by atoms with Gasteiger partial charge < -0.3 is 15.5 Å². The van der Waals surface area contributed by atoms with Gasteiger partial charge in [-0.2, -0.15) is 0 Å². The van der Waals surface area contributed by atoms with Gasteiger partial charge in [0.2, 0.25) is 5.91 Å². The number of thiazole rings is 1. The van der Waals surface area contributed by atoms with Crippen LogP contribution >= 0.6 is 11.3 Å². The van der Waals surface area contributed by atoms with Crippen LogP contribution in [0, 0.1) is 6.92 Å². The summed E-state index contributed by atoms with van der Waals surface area (Å²) >= 11 is 1.79. The standard InChI is InChI=1S/C18H31N5OS/c1-4-15-14(3)25-16(22-15)9-11-21-18(19-5-2)20-10-7-13-23-12-6-8-17(23)24/h4-13H2,1-3H3,(H2,19,20,21). The van der Waals surface area contributed by atoms with Gasteiger partial charge in [-0.15, -0.1) is 11.3 Å². The molecule has 140 valence electrons. The number of likely N-dealkylation sites (tertiary alicyclic amines) is 1. The Kier molecular flexibility index (Phi) is 8.18. The number of hydrogen-bond donors (Lipinski definition) is 2. The zero-order valence-electron chi connectivity index (χ0n) is 15.7. The summed E-state index contributed by atoms with van der Waals surface area (Å²) in [5.41, 5.74) is 1.22. The molecule has 2 N–H and O–H groups in total. The smallest absolute Gasteiger partial charge is 0.222 e. The molecule has 1 fully saturated rings. The maximum atomic E-state index is 11.6. The second kappa shape index (κ2) is 10.4. The van der Waals surface area contributed by atoms with Crippen LogP contribution in [0.5, 0.6) is 0 Å². The van der Waals surface area contributed by atoms with E-state index in [2.05, 4.69) is 41.4 Å². The van der Waals surface area contributed by atoms with E-state index in [1.807, 2.05) is 4.90 Å². The molecular formula is C18H31N5OS. The topological polar surface area (TPSA) is 69.6 Å². The Morgan fingerprint density at radius 3 is 2.84 bits per heavy atom.